The van der Waals surface area contributed by atoms with Crippen molar-refractivity contribution < 1.29 is 43.9 Å². The fourth-order valence-electron chi connectivity index (χ4n) is 9.18. The quantitative estimate of drug-likeness (QED) is 0.0418. The lowest BCUT2D eigenvalue weighted by Gasteiger charge is -2.46. The van der Waals surface area contributed by atoms with Crippen LogP contribution in [0.15, 0.2) is 46.5 Å². The molecule has 1 heterocycles. The number of hydrogen-bond donors (Lipinski definition) is 0. The zero-order valence-electron chi connectivity index (χ0n) is 31.4. The molecule has 0 N–H and O–H groups in total. The summed E-state index contributed by atoms with van der Waals surface area (Å²) in [6.07, 6.45) is -4.49. The van der Waals surface area contributed by atoms with E-state index in [1.54, 1.807) is 6.92 Å². The van der Waals surface area contributed by atoms with Gasteiger partial charge in [-0.3, -0.25) is 0 Å². The maximum absolute atomic E-state index is 16.4. The molecule has 0 aromatic heterocycles. The minimum atomic E-state index is -4.23. The van der Waals surface area contributed by atoms with E-state index >= 15 is 35.1 Å². The zero-order valence-corrected chi connectivity index (χ0v) is 32.3. The molecule has 0 radical (unpaired) electrons. The highest BCUT2D eigenvalue weighted by Crippen LogP contribution is 2.68. The molecule has 1 aliphatic rings. The Morgan fingerprint density at radius 2 is 0.833 bits per heavy atom. The topological polar surface area (TPSA) is 0 Å². The highest BCUT2D eigenvalue weighted by Gasteiger charge is 2.54. The van der Waals surface area contributed by atoms with Crippen molar-refractivity contribution in [1.82, 2.24) is 0 Å². The molecule has 0 nitrogen and oxygen atoms in total. The van der Waals surface area contributed by atoms with Crippen LogP contribution >= 0.6 is 7.26 Å². The van der Waals surface area contributed by atoms with Crippen molar-refractivity contribution in [1.29, 1.82) is 0 Å². The molecule has 54 heavy (non-hydrogen) atoms. The third-order valence-corrected chi connectivity index (χ3v) is 16.0. The van der Waals surface area contributed by atoms with E-state index in [-0.39, 0.29) is 24.5 Å². The van der Waals surface area contributed by atoms with Gasteiger partial charge in [0.15, 0.2) is 34.9 Å². The summed E-state index contributed by atoms with van der Waals surface area (Å²) in [5.41, 5.74) is 7.45. The van der Waals surface area contributed by atoms with E-state index in [1.165, 1.54) is 0 Å². The summed E-state index contributed by atoms with van der Waals surface area (Å²) in [5, 5.41) is 2.33. The Hall–Kier alpha value is -4.03. The van der Waals surface area contributed by atoms with Gasteiger partial charge in [-0.15, -0.1) is 23.0 Å². The minimum absolute atomic E-state index is 0.0774. The predicted octanol–water partition coefficient (Wildman–Crippen LogP) is 10.9. The van der Waals surface area contributed by atoms with Crippen LogP contribution in [-0.4, -0.2) is 12.3 Å². The van der Waals surface area contributed by atoms with Gasteiger partial charge in [-0.2, -0.15) is 5.47 Å². The van der Waals surface area contributed by atoms with Gasteiger partial charge in [-0.1, -0.05) is 62.1 Å². The largest absolute Gasteiger partial charge is 0.207 e. The molecular weight excluding hydrogens is 736 g/mol. The van der Waals surface area contributed by atoms with Crippen LogP contribution in [0.3, 0.4) is 0 Å². The van der Waals surface area contributed by atoms with Gasteiger partial charge < -0.3 is 0 Å². The zero-order chi connectivity index (χ0) is 40.2. The Balaban J connectivity index is 2.18. The highest BCUT2D eigenvalue weighted by atomic mass is 31.2. The van der Waals surface area contributed by atoms with Crippen LogP contribution in [0.2, 0.25) is 6.32 Å². The van der Waals surface area contributed by atoms with E-state index in [0.717, 1.165) is 49.3 Å². The first-order valence-corrected chi connectivity index (χ1v) is 19.8. The number of rotatable bonds is 8. The van der Waals surface area contributed by atoms with Crippen molar-refractivity contribution in [3.8, 4) is 0 Å². The van der Waals surface area contributed by atoms with Crippen molar-refractivity contribution >= 4 is 34.9 Å². The SMILES string of the molecule is CCCC1=C=C=C(CCC)[P+](c2c(C)cc(C)cc2C)(c2c(C)cc(C)cc2C)CC[B-]1(c1c(F)c(F)c(F)c(F)c1F)c1c(F)c(F)c(F)c(F)c1F. The molecule has 5 rings (SSSR count). The standard InChI is InChI=1S/C42H40BF10P/c1-9-11-27-13-14-28(12-10-2)54(41-23(5)17-21(3)18-24(41)6,42-25(7)19-22(4)20-26(42)8)16-15-43(27,29-31(44)35(48)39(52)36(49)32(29)45)30-33(46)37(50)40(53)38(51)34(30)47/h17-20H,9-12,15-16H2,1-8H3. The lowest BCUT2D eigenvalue weighted by Crippen LogP contribution is -2.66. The van der Waals surface area contributed by atoms with Crippen LogP contribution in [0.4, 0.5) is 43.9 Å². The number of halogens is 10. The van der Waals surface area contributed by atoms with E-state index in [1.807, 2.05) is 72.7 Å². The molecule has 0 saturated heterocycles. The van der Waals surface area contributed by atoms with Gasteiger partial charge in [0.2, 0.25) is 0 Å². The Kier molecular flexibility index (Phi) is 11.6. The lowest BCUT2D eigenvalue weighted by atomic mass is 9.13. The minimum Gasteiger partial charge on any atom is -0.207 e. The van der Waals surface area contributed by atoms with E-state index in [0.29, 0.717) is 12.8 Å². The molecule has 0 unspecified atom stereocenters. The molecule has 4 aromatic rings. The van der Waals surface area contributed by atoms with Crippen molar-refractivity contribution in [3.63, 3.8) is 0 Å². The Labute approximate surface area is 309 Å². The molecule has 1 aliphatic heterocycles. The summed E-state index contributed by atoms with van der Waals surface area (Å²) < 4.78 is 156. The molecule has 0 spiro atoms. The van der Waals surface area contributed by atoms with Gasteiger partial charge >= 0.3 is 0 Å². The van der Waals surface area contributed by atoms with E-state index in [2.05, 4.69) is 11.5 Å². The summed E-state index contributed by atoms with van der Waals surface area (Å²) in [5.74, 6) is -24.5. The number of benzene rings is 4. The van der Waals surface area contributed by atoms with Gasteiger partial charge in [0, 0.05) is 12.6 Å². The number of hydrogen-bond acceptors (Lipinski definition) is 0. The summed E-state index contributed by atoms with van der Waals surface area (Å²) >= 11 is 0. The van der Waals surface area contributed by atoms with Crippen molar-refractivity contribution in [2.24, 2.45) is 0 Å². The first-order chi connectivity index (χ1) is 25.3. The van der Waals surface area contributed by atoms with E-state index in [4.69, 9.17) is 0 Å². The van der Waals surface area contributed by atoms with Gasteiger partial charge in [0.1, 0.15) is 52.6 Å². The van der Waals surface area contributed by atoms with Gasteiger partial charge in [0.05, 0.1) is 0 Å². The summed E-state index contributed by atoms with van der Waals surface area (Å²) in [6.45, 7) is 14.8. The number of allylic oxidation sites excluding steroid dienone is 2. The molecule has 0 aliphatic carbocycles. The molecule has 0 saturated carbocycles. The molecule has 0 atom stereocenters. The summed E-state index contributed by atoms with van der Waals surface area (Å²) in [7, 11) is -3.24. The van der Waals surface area contributed by atoms with Crippen molar-refractivity contribution in [3.05, 3.63) is 138 Å². The number of aryl methyl sites for hydroxylation is 6. The fraction of sp³-hybridized carbons (Fsp3) is 0.333. The van der Waals surface area contributed by atoms with Crippen molar-refractivity contribution in [2.45, 2.75) is 87.4 Å². The van der Waals surface area contributed by atoms with Crippen LogP contribution in [-0.2, 0) is 0 Å². The van der Waals surface area contributed by atoms with Gasteiger partial charge in [0.25, 0.3) is 0 Å². The molecule has 286 valence electrons. The maximum atomic E-state index is 16.4. The van der Waals surface area contributed by atoms with Crippen LogP contribution in [0, 0.1) is 99.7 Å². The third kappa shape index (κ3) is 6.27. The molecular formula is C42H40BF10P. The molecule has 0 bridgehead atoms. The third-order valence-electron chi connectivity index (χ3n) is 10.8. The Morgan fingerprint density at radius 3 is 1.17 bits per heavy atom. The first-order valence-electron chi connectivity index (χ1n) is 17.8. The molecule has 12 heteroatoms. The van der Waals surface area contributed by atoms with Crippen LogP contribution < -0.4 is 21.5 Å². The smallest absolute Gasteiger partial charge is 0.200 e. The van der Waals surface area contributed by atoms with Crippen LogP contribution in [0.25, 0.3) is 0 Å². The second kappa shape index (κ2) is 15.2. The van der Waals surface area contributed by atoms with Gasteiger partial charge in [-0.05, 0) is 75.9 Å². The predicted molar refractivity (Wildman–Crippen MR) is 199 cm³/mol. The van der Waals surface area contributed by atoms with Crippen LogP contribution in [0.1, 0.15) is 72.9 Å². The average molecular weight is 777 g/mol. The molecule has 0 fully saturated rings. The second-order valence-corrected chi connectivity index (χ2v) is 18.1. The Bertz CT molecular complexity index is 2080. The maximum Gasteiger partial charge on any atom is 0.200 e. The molecule has 0 amide bonds. The van der Waals surface area contributed by atoms with Crippen molar-refractivity contribution in [2.75, 3.05) is 6.16 Å². The Morgan fingerprint density at radius 1 is 0.500 bits per heavy atom. The average Bonchev–Trinajstić information content (AvgIpc) is 3.09. The van der Waals surface area contributed by atoms with E-state index in [9.17, 15) is 8.78 Å². The summed E-state index contributed by atoms with van der Waals surface area (Å²) in [4.78, 5) is 0. The fourth-order valence-corrected chi connectivity index (χ4v) is 15.0. The molecule has 4 aromatic carbocycles. The summed E-state index contributed by atoms with van der Waals surface area (Å²) in [6, 6.07) is 7.78. The van der Waals surface area contributed by atoms with Crippen LogP contribution in [0.5, 0.6) is 0 Å². The normalized spacial score (nSPS) is 15.2. The van der Waals surface area contributed by atoms with Gasteiger partial charge in [-0.25, -0.2) is 43.9 Å². The second-order valence-electron chi connectivity index (χ2n) is 14.6. The lowest BCUT2D eigenvalue weighted by molar-refractivity contribution is 0.381. The van der Waals surface area contributed by atoms with E-state index < -0.39 is 88.8 Å². The monoisotopic (exact) mass is 776 g/mol. The first kappa shape index (κ1) is 41.1. The highest BCUT2D eigenvalue weighted by molar-refractivity contribution is 7.93.